The molecule has 114 valence electrons. The van der Waals surface area contributed by atoms with Crippen LogP contribution < -0.4 is 0 Å². The lowest BCUT2D eigenvalue weighted by Gasteiger charge is -2.16. The highest BCUT2D eigenvalue weighted by molar-refractivity contribution is 8.01. The van der Waals surface area contributed by atoms with Gasteiger partial charge in [0.15, 0.2) is 11.5 Å². The van der Waals surface area contributed by atoms with E-state index in [-0.39, 0.29) is 16.7 Å². The van der Waals surface area contributed by atoms with Gasteiger partial charge in [0.25, 0.3) is 0 Å². The standard InChI is InChI=1S/C16H16ClN3OS/c1-16(2,3)6-10-20-12-9(21-10)5-4-8-11-14(22-13(8)12)15(17)19-7-18-11/h4-5,7,11,14H,6H2,1-3H3. The summed E-state index contributed by atoms with van der Waals surface area (Å²) in [4.78, 5) is 14.5. The summed E-state index contributed by atoms with van der Waals surface area (Å²) in [5.74, 6) is 0.787. The van der Waals surface area contributed by atoms with E-state index < -0.39 is 0 Å². The van der Waals surface area contributed by atoms with Crippen LogP contribution in [0.25, 0.3) is 11.1 Å². The van der Waals surface area contributed by atoms with Gasteiger partial charge in [0.05, 0.1) is 11.3 Å². The Bertz CT molecular complexity index is 819. The van der Waals surface area contributed by atoms with Gasteiger partial charge in [-0.15, -0.1) is 11.8 Å². The van der Waals surface area contributed by atoms with Crippen LogP contribution in [0.15, 0.2) is 31.4 Å². The minimum Gasteiger partial charge on any atom is -0.441 e. The second-order valence-electron chi connectivity index (χ2n) is 6.88. The molecule has 2 aliphatic rings. The highest BCUT2D eigenvalue weighted by Crippen LogP contribution is 2.50. The molecule has 2 unspecified atom stereocenters. The quantitative estimate of drug-likeness (QED) is 0.765. The summed E-state index contributed by atoms with van der Waals surface area (Å²) in [5, 5.41) is 0.669. The molecule has 0 amide bonds. The predicted octanol–water partition coefficient (Wildman–Crippen LogP) is 4.61. The van der Waals surface area contributed by atoms with Crippen molar-refractivity contribution in [1.29, 1.82) is 0 Å². The first-order valence-corrected chi connectivity index (χ1v) is 8.52. The molecule has 0 N–H and O–H groups in total. The van der Waals surface area contributed by atoms with Crippen LogP contribution in [-0.2, 0) is 6.42 Å². The van der Waals surface area contributed by atoms with E-state index in [1.807, 2.05) is 6.07 Å². The van der Waals surface area contributed by atoms with Crippen molar-refractivity contribution in [1.82, 2.24) is 4.98 Å². The molecule has 0 radical (unpaired) electrons. The maximum absolute atomic E-state index is 6.25. The molecule has 22 heavy (non-hydrogen) atoms. The van der Waals surface area contributed by atoms with Gasteiger partial charge in [0.1, 0.15) is 17.0 Å². The van der Waals surface area contributed by atoms with Gasteiger partial charge in [-0.1, -0.05) is 38.4 Å². The molecule has 2 atom stereocenters. The van der Waals surface area contributed by atoms with Crippen LogP contribution in [0, 0.1) is 5.41 Å². The fourth-order valence-corrected chi connectivity index (χ4v) is 4.48. The van der Waals surface area contributed by atoms with Crippen LogP contribution >= 0.6 is 23.4 Å². The largest absolute Gasteiger partial charge is 0.441 e. The summed E-state index contributed by atoms with van der Waals surface area (Å²) in [5.41, 5.74) is 3.07. The molecule has 0 fully saturated rings. The molecule has 1 aromatic carbocycles. The molecule has 4 rings (SSSR count). The number of aromatic nitrogens is 1. The number of thioether (sulfide) groups is 1. The predicted molar refractivity (Wildman–Crippen MR) is 91.3 cm³/mol. The number of fused-ring (bicyclic) bond motifs is 5. The van der Waals surface area contributed by atoms with Gasteiger partial charge in [-0.25, -0.2) is 9.98 Å². The van der Waals surface area contributed by atoms with E-state index in [2.05, 4.69) is 36.8 Å². The average Bonchev–Trinajstić information content (AvgIpc) is 2.97. The van der Waals surface area contributed by atoms with Gasteiger partial charge in [-0.3, -0.25) is 4.99 Å². The summed E-state index contributed by atoms with van der Waals surface area (Å²) in [6, 6.07) is 4.11. The third-order valence-electron chi connectivity index (χ3n) is 3.76. The lowest BCUT2D eigenvalue weighted by Crippen LogP contribution is -2.19. The van der Waals surface area contributed by atoms with Gasteiger partial charge in [0, 0.05) is 11.3 Å². The van der Waals surface area contributed by atoms with Crippen molar-refractivity contribution in [2.75, 3.05) is 0 Å². The van der Waals surface area contributed by atoms with E-state index in [0.717, 1.165) is 28.3 Å². The minimum atomic E-state index is 0.0390. The van der Waals surface area contributed by atoms with Gasteiger partial charge < -0.3 is 4.42 Å². The topological polar surface area (TPSA) is 50.8 Å². The van der Waals surface area contributed by atoms with E-state index in [0.29, 0.717) is 5.17 Å². The van der Waals surface area contributed by atoms with Gasteiger partial charge in [0.2, 0.25) is 0 Å². The summed E-state index contributed by atoms with van der Waals surface area (Å²) < 4.78 is 5.92. The first-order valence-electron chi connectivity index (χ1n) is 7.26. The highest BCUT2D eigenvalue weighted by Gasteiger charge is 2.39. The number of hydrogen-bond donors (Lipinski definition) is 0. The molecule has 0 saturated heterocycles. The highest BCUT2D eigenvalue weighted by atomic mass is 35.5. The van der Waals surface area contributed by atoms with Gasteiger partial charge >= 0.3 is 0 Å². The lowest BCUT2D eigenvalue weighted by molar-refractivity contribution is 0.362. The van der Waals surface area contributed by atoms with Crippen LogP contribution in [0.3, 0.4) is 0 Å². The number of hydrogen-bond acceptors (Lipinski definition) is 5. The SMILES string of the molecule is CC(C)(C)Cc1nc2c3c(ccc2o1)C1N=CN=C(Cl)C1S3. The summed E-state index contributed by atoms with van der Waals surface area (Å²) in [7, 11) is 0. The second kappa shape index (κ2) is 4.83. The zero-order valence-electron chi connectivity index (χ0n) is 12.6. The van der Waals surface area contributed by atoms with Crippen molar-refractivity contribution in [3.05, 3.63) is 23.6 Å². The maximum atomic E-state index is 6.25. The third-order valence-corrected chi connectivity index (χ3v) is 5.63. The summed E-state index contributed by atoms with van der Waals surface area (Å²) in [6.45, 7) is 6.54. The third kappa shape index (κ3) is 2.27. The van der Waals surface area contributed by atoms with Crippen molar-refractivity contribution in [2.24, 2.45) is 15.4 Å². The van der Waals surface area contributed by atoms with Crippen LogP contribution in [-0.4, -0.2) is 21.7 Å². The zero-order chi connectivity index (χ0) is 15.5. The molecule has 0 saturated carbocycles. The number of aliphatic imine (C=N–C) groups is 2. The smallest absolute Gasteiger partial charge is 0.196 e. The summed E-state index contributed by atoms with van der Waals surface area (Å²) in [6.07, 6.45) is 2.37. The van der Waals surface area contributed by atoms with E-state index in [4.69, 9.17) is 21.0 Å². The molecular formula is C16H16ClN3OS. The van der Waals surface area contributed by atoms with Crippen molar-refractivity contribution in [3.8, 4) is 0 Å². The molecular weight excluding hydrogens is 318 g/mol. The van der Waals surface area contributed by atoms with Gasteiger partial charge in [-0.05, 0) is 17.0 Å². The fourth-order valence-electron chi connectivity index (χ4n) is 2.84. The van der Waals surface area contributed by atoms with E-state index in [1.54, 1.807) is 18.1 Å². The van der Waals surface area contributed by atoms with Crippen molar-refractivity contribution < 1.29 is 4.42 Å². The van der Waals surface area contributed by atoms with E-state index in [1.165, 1.54) is 5.56 Å². The number of benzene rings is 1. The monoisotopic (exact) mass is 333 g/mol. The van der Waals surface area contributed by atoms with Crippen molar-refractivity contribution in [3.63, 3.8) is 0 Å². The van der Waals surface area contributed by atoms with Crippen molar-refractivity contribution >= 4 is 46.0 Å². The molecule has 1 aromatic heterocycles. The average molecular weight is 334 g/mol. The summed E-state index contributed by atoms with van der Waals surface area (Å²) >= 11 is 7.94. The molecule has 6 heteroatoms. The first-order chi connectivity index (χ1) is 10.4. The van der Waals surface area contributed by atoms with Gasteiger partial charge in [-0.2, -0.15) is 0 Å². The number of halogens is 1. The number of nitrogens with zero attached hydrogens (tertiary/aromatic N) is 3. The Morgan fingerprint density at radius 1 is 1.32 bits per heavy atom. The second-order valence-corrected chi connectivity index (χ2v) is 8.41. The van der Waals surface area contributed by atoms with Crippen LogP contribution in [0.1, 0.15) is 38.3 Å². The van der Waals surface area contributed by atoms with Crippen LogP contribution in [0.2, 0.25) is 0 Å². The molecule has 2 aromatic rings. The molecule has 3 heterocycles. The molecule has 0 aliphatic carbocycles. The molecule has 0 spiro atoms. The maximum Gasteiger partial charge on any atom is 0.196 e. The Kier molecular flexibility index (Phi) is 3.13. The van der Waals surface area contributed by atoms with Crippen LogP contribution in [0.4, 0.5) is 0 Å². The number of oxazole rings is 1. The Balaban J connectivity index is 1.80. The van der Waals surface area contributed by atoms with E-state index >= 15 is 0 Å². The Labute approximate surface area is 138 Å². The molecule has 2 aliphatic heterocycles. The number of rotatable bonds is 1. The Morgan fingerprint density at radius 3 is 2.91 bits per heavy atom. The van der Waals surface area contributed by atoms with Crippen LogP contribution in [0.5, 0.6) is 0 Å². The molecule has 0 bridgehead atoms. The lowest BCUT2D eigenvalue weighted by atomic mass is 9.92. The Hall–Kier alpha value is -1.33. The minimum absolute atomic E-state index is 0.0390. The normalized spacial score (nSPS) is 23.5. The molecule has 4 nitrogen and oxygen atoms in total. The fraction of sp³-hybridized carbons (Fsp3) is 0.438. The Morgan fingerprint density at radius 2 is 2.14 bits per heavy atom. The van der Waals surface area contributed by atoms with Crippen molar-refractivity contribution in [2.45, 2.75) is 43.4 Å². The first kappa shape index (κ1) is 14.3. The zero-order valence-corrected chi connectivity index (χ0v) is 14.2. The van der Waals surface area contributed by atoms with E-state index in [9.17, 15) is 0 Å².